The summed E-state index contributed by atoms with van der Waals surface area (Å²) in [6, 6.07) is 7.13. The van der Waals surface area contributed by atoms with Crippen LogP contribution in [0.3, 0.4) is 0 Å². The molecule has 0 aliphatic rings. The fourth-order valence-corrected chi connectivity index (χ4v) is 3.04. The molecule has 0 fully saturated rings. The molecule has 5 heteroatoms. The summed E-state index contributed by atoms with van der Waals surface area (Å²) in [5.41, 5.74) is 0. The van der Waals surface area contributed by atoms with E-state index in [1.165, 1.54) is 0 Å². The predicted molar refractivity (Wildman–Crippen MR) is 120 cm³/mol. The summed E-state index contributed by atoms with van der Waals surface area (Å²) in [6.45, 7) is 8.83. The lowest BCUT2D eigenvalue weighted by atomic mass is 10.1. The molecule has 30 heavy (non-hydrogen) atoms. The fourth-order valence-electron chi connectivity index (χ4n) is 3.04. The van der Waals surface area contributed by atoms with Gasteiger partial charge in [-0.1, -0.05) is 39.5 Å². The molecule has 170 valence electrons. The molecule has 1 aromatic carbocycles. The molecule has 0 aliphatic heterocycles. The zero-order valence-corrected chi connectivity index (χ0v) is 19.3. The van der Waals surface area contributed by atoms with Crippen LogP contribution in [0.25, 0.3) is 0 Å². The molecule has 0 unspecified atom stereocenters. The molecular formula is C25H40O5. The predicted octanol–water partition coefficient (Wildman–Crippen LogP) is 6.48. The van der Waals surface area contributed by atoms with Crippen molar-refractivity contribution in [2.75, 3.05) is 6.61 Å². The molecule has 0 amide bonds. The highest BCUT2D eigenvalue weighted by Gasteiger charge is 2.06. The zero-order chi connectivity index (χ0) is 22.2. The van der Waals surface area contributed by atoms with E-state index in [1.807, 2.05) is 26.0 Å². The second-order valence-electron chi connectivity index (χ2n) is 8.49. The van der Waals surface area contributed by atoms with Gasteiger partial charge in [0.2, 0.25) is 0 Å². The van der Waals surface area contributed by atoms with Crippen molar-refractivity contribution in [3.63, 3.8) is 0 Å². The molecule has 0 aliphatic carbocycles. The van der Waals surface area contributed by atoms with Crippen molar-refractivity contribution in [1.29, 1.82) is 0 Å². The van der Waals surface area contributed by atoms with E-state index < -0.39 is 0 Å². The smallest absolute Gasteiger partial charge is 0.311 e. The molecule has 0 N–H and O–H groups in total. The Balaban J connectivity index is 1.98. The molecule has 1 rings (SSSR count). The number of hydrogen-bond acceptors (Lipinski definition) is 5. The van der Waals surface area contributed by atoms with Gasteiger partial charge in [0.15, 0.2) is 0 Å². The maximum absolute atomic E-state index is 11.9. The molecule has 0 radical (unpaired) electrons. The van der Waals surface area contributed by atoms with Gasteiger partial charge in [-0.2, -0.15) is 0 Å². The van der Waals surface area contributed by atoms with Crippen LogP contribution in [-0.4, -0.2) is 24.6 Å². The van der Waals surface area contributed by atoms with Crippen LogP contribution in [0, 0.1) is 5.92 Å². The summed E-state index contributed by atoms with van der Waals surface area (Å²) >= 11 is 0. The maximum Gasteiger partial charge on any atom is 0.311 e. The Morgan fingerprint density at radius 2 is 1.27 bits per heavy atom. The summed E-state index contributed by atoms with van der Waals surface area (Å²) in [7, 11) is 0. The Hall–Kier alpha value is -2.04. The monoisotopic (exact) mass is 420 g/mol. The Kier molecular flexibility index (Phi) is 13.7. The van der Waals surface area contributed by atoms with Crippen LogP contribution >= 0.6 is 0 Å². The van der Waals surface area contributed by atoms with E-state index in [9.17, 15) is 9.59 Å². The second kappa shape index (κ2) is 15.8. The molecule has 0 spiro atoms. The number of benzene rings is 1. The quantitative estimate of drug-likeness (QED) is 0.174. The van der Waals surface area contributed by atoms with Crippen LogP contribution in [0.1, 0.15) is 91.9 Å². The van der Waals surface area contributed by atoms with E-state index in [4.69, 9.17) is 14.2 Å². The van der Waals surface area contributed by atoms with Crippen molar-refractivity contribution < 1.29 is 23.8 Å². The third-order valence-corrected chi connectivity index (χ3v) is 4.63. The van der Waals surface area contributed by atoms with Crippen LogP contribution in [0.5, 0.6) is 11.5 Å². The Bertz CT molecular complexity index is 592. The summed E-state index contributed by atoms with van der Waals surface area (Å²) in [6.07, 6.45) is 8.96. The number of carbonyl (C=O) groups excluding carboxylic acids is 2. The van der Waals surface area contributed by atoms with Crippen molar-refractivity contribution >= 4 is 11.9 Å². The first-order valence-electron chi connectivity index (χ1n) is 11.5. The minimum Gasteiger partial charge on any atom is -0.491 e. The van der Waals surface area contributed by atoms with Gasteiger partial charge in [0.05, 0.1) is 12.7 Å². The van der Waals surface area contributed by atoms with Crippen LogP contribution in [0.15, 0.2) is 24.3 Å². The minimum atomic E-state index is -0.201. The Labute approximate surface area is 182 Å². The number of rotatable bonds is 16. The first kappa shape index (κ1) is 26.0. The SMILES string of the molecule is CC(C)CCCOC(=O)CCCCCCCCC(=O)Oc1ccc(OC(C)C)cc1. The van der Waals surface area contributed by atoms with Gasteiger partial charge in [0.1, 0.15) is 11.5 Å². The van der Waals surface area contributed by atoms with E-state index in [0.717, 1.165) is 57.1 Å². The number of hydrogen-bond donors (Lipinski definition) is 0. The van der Waals surface area contributed by atoms with Gasteiger partial charge in [0, 0.05) is 12.8 Å². The minimum absolute atomic E-state index is 0.0784. The number of esters is 2. The van der Waals surface area contributed by atoms with E-state index in [-0.39, 0.29) is 18.0 Å². The van der Waals surface area contributed by atoms with Crippen LogP contribution in [0.2, 0.25) is 0 Å². The van der Waals surface area contributed by atoms with E-state index in [2.05, 4.69) is 13.8 Å². The average Bonchev–Trinajstić information content (AvgIpc) is 2.68. The first-order valence-corrected chi connectivity index (χ1v) is 11.5. The van der Waals surface area contributed by atoms with Gasteiger partial charge < -0.3 is 14.2 Å². The average molecular weight is 421 g/mol. The lowest BCUT2D eigenvalue weighted by Gasteiger charge is -2.10. The third kappa shape index (κ3) is 14.0. The largest absolute Gasteiger partial charge is 0.491 e. The van der Waals surface area contributed by atoms with Crippen molar-refractivity contribution in [3.05, 3.63) is 24.3 Å². The molecule has 0 heterocycles. The first-order chi connectivity index (χ1) is 14.4. The molecule has 5 nitrogen and oxygen atoms in total. The lowest BCUT2D eigenvalue weighted by molar-refractivity contribution is -0.144. The highest BCUT2D eigenvalue weighted by atomic mass is 16.5. The number of unbranched alkanes of at least 4 members (excludes halogenated alkanes) is 5. The molecule has 0 saturated carbocycles. The summed E-state index contributed by atoms with van der Waals surface area (Å²) in [5.74, 6) is 1.69. The molecule has 0 bridgehead atoms. The van der Waals surface area contributed by atoms with Crippen molar-refractivity contribution in [3.8, 4) is 11.5 Å². The second-order valence-corrected chi connectivity index (χ2v) is 8.49. The highest BCUT2D eigenvalue weighted by molar-refractivity contribution is 5.72. The Morgan fingerprint density at radius 3 is 1.83 bits per heavy atom. The maximum atomic E-state index is 11.9. The van der Waals surface area contributed by atoms with Crippen molar-refractivity contribution in [2.24, 2.45) is 5.92 Å². The highest BCUT2D eigenvalue weighted by Crippen LogP contribution is 2.19. The topological polar surface area (TPSA) is 61.8 Å². The van der Waals surface area contributed by atoms with Gasteiger partial charge in [-0.3, -0.25) is 9.59 Å². The molecular weight excluding hydrogens is 380 g/mol. The van der Waals surface area contributed by atoms with Crippen molar-refractivity contribution in [2.45, 2.75) is 98.0 Å². The van der Waals surface area contributed by atoms with E-state index in [0.29, 0.717) is 31.1 Å². The Morgan fingerprint density at radius 1 is 0.733 bits per heavy atom. The lowest BCUT2D eigenvalue weighted by Crippen LogP contribution is -2.08. The fraction of sp³-hybridized carbons (Fsp3) is 0.680. The number of ether oxygens (including phenoxy) is 3. The number of carbonyl (C=O) groups is 2. The molecule has 1 aromatic rings. The van der Waals surface area contributed by atoms with E-state index >= 15 is 0 Å². The van der Waals surface area contributed by atoms with Crippen molar-refractivity contribution in [1.82, 2.24) is 0 Å². The normalized spacial score (nSPS) is 11.0. The van der Waals surface area contributed by atoms with Gasteiger partial charge in [-0.15, -0.1) is 0 Å². The van der Waals surface area contributed by atoms with Gasteiger partial charge in [-0.05, 0) is 69.7 Å². The zero-order valence-electron chi connectivity index (χ0n) is 19.3. The van der Waals surface area contributed by atoms with Crippen LogP contribution in [-0.2, 0) is 14.3 Å². The van der Waals surface area contributed by atoms with Gasteiger partial charge in [0.25, 0.3) is 0 Å². The molecule has 0 aromatic heterocycles. The van der Waals surface area contributed by atoms with Gasteiger partial charge in [-0.25, -0.2) is 0 Å². The third-order valence-electron chi connectivity index (χ3n) is 4.63. The van der Waals surface area contributed by atoms with Gasteiger partial charge >= 0.3 is 11.9 Å². The molecule has 0 saturated heterocycles. The van der Waals surface area contributed by atoms with Crippen LogP contribution < -0.4 is 9.47 Å². The summed E-state index contributed by atoms with van der Waals surface area (Å²) in [4.78, 5) is 23.6. The molecule has 0 atom stereocenters. The van der Waals surface area contributed by atoms with Crippen LogP contribution in [0.4, 0.5) is 0 Å². The summed E-state index contributed by atoms with van der Waals surface area (Å²) in [5, 5.41) is 0. The van der Waals surface area contributed by atoms with E-state index in [1.54, 1.807) is 12.1 Å². The summed E-state index contributed by atoms with van der Waals surface area (Å²) < 4.78 is 16.2. The standard InChI is InChI=1S/C25H40O5/c1-20(2)12-11-19-28-24(26)13-9-7-5-6-8-10-14-25(27)30-23-17-15-22(16-18-23)29-21(3)4/h15-18,20-21H,5-14,19H2,1-4H3.